The molecule has 6 nitrogen and oxygen atoms in total. The van der Waals surface area contributed by atoms with Gasteiger partial charge in [0.2, 0.25) is 5.91 Å². The average Bonchev–Trinajstić information content (AvgIpc) is 3.23. The van der Waals surface area contributed by atoms with E-state index in [9.17, 15) is 4.79 Å². The molecule has 0 fully saturated rings. The van der Waals surface area contributed by atoms with Gasteiger partial charge >= 0.3 is 0 Å². The lowest BCUT2D eigenvalue weighted by atomic mass is 10.1. The number of carbonyl (C=O) groups is 1. The van der Waals surface area contributed by atoms with Crippen molar-refractivity contribution in [1.29, 1.82) is 0 Å². The molecule has 0 saturated carbocycles. The fraction of sp³-hybridized carbons (Fsp3) is 0.0741. The Kier molecular flexibility index (Phi) is 5.80. The van der Waals surface area contributed by atoms with Gasteiger partial charge in [-0.3, -0.25) is 9.78 Å². The molecule has 0 radical (unpaired) electrons. The first-order chi connectivity index (χ1) is 16.3. The Morgan fingerprint density at radius 1 is 0.879 bits per heavy atom. The van der Waals surface area contributed by atoms with Crippen LogP contribution in [0, 0.1) is 0 Å². The molecule has 0 saturated heterocycles. The lowest BCUT2D eigenvalue weighted by molar-refractivity contribution is -0.116. The topological polar surface area (TPSA) is 69.0 Å². The van der Waals surface area contributed by atoms with Crippen LogP contribution in [0.1, 0.15) is 5.56 Å². The molecular formula is C27H22N4O2. The van der Waals surface area contributed by atoms with Gasteiger partial charge in [0.25, 0.3) is 0 Å². The molecular weight excluding hydrogens is 412 g/mol. The van der Waals surface area contributed by atoms with E-state index in [1.165, 1.54) is 0 Å². The number of ether oxygens (including phenoxy) is 1. The van der Waals surface area contributed by atoms with Crippen LogP contribution in [0.3, 0.4) is 0 Å². The molecule has 2 aromatic carbocycles. The van der Waals surface area contributed by atoms with Crippen LogP contribution in [0.4, 0.5) is 5.82 Å². The van der Waals surface area contributed by atoms with Crippen LogP contribution >= 0.6 is 0 Å². The molecule has 0 aliphatic carbocycles. The molecule has 5 aromatic rings. The monoisotopic (exact) mass is 434 g/mol. The standard InChI is InChI=1S/C27H22N4O2/c32-26(30-27-25(11-6-14-29-27)33-19-20-12-15-28-16-13-20)18-31-23-10-5-4-9-22(23)17-24(31)21-7-2-1-3-8-21/h1-17H,18-19H2,(H,29,30,32). The number of rotatable bonds is 7. The second-order valence-electron chi connectivity index (χ2n) is 7.58. The van der Waals surface area contributed by atoms with Gasteiger partial charge < -0.3 is 14.6 Å². The summed E-state index contributed by atoms with van der Waals surface area (Å²) < 4.78 is 7.94. The van der Waals surface area contributed by atoms with Gasteiger partial charge in [-0.2, -0.15) is 0 Å². The summed E-state index contributed by atoms with van der Waals surface area (Å²) in [6.45, 7) is 0.510. The van der Waals surface area contributed by atoms with Crippen molar-refractivity contribution >= 4 is 22.6 Å². The SMILES string of the molecule is O=C(Cn1c(-c2ccccc2)cc2ccccc21)Nc1ncccc1OCc1ccncc1. The minimum absolute atomic E-state index is 0.151. The Bertz CT molecular complexity index is 1380. The third-order valence-corrected chi connectivity index (χ3v) is 5.35. The van der Waals surface area contributed by atoms with Crippen LogP contribution in [-0.4, -0.2) is 20.4 Å². The summed E-state index contributed by atoms with van der Waals surface area (Å²) >= 11 is 0. The maximum atomic E-state index is 13.1. The zero-order valence-electron chi connectivity index (χ0n) is 17.9. The van der Waals surface area contributed by atoms with Crippen LogP contribution in [-0.2, 0) is 17.9 Å². The van der Waals surface area contributed by atoms with Crippen molar-refractivity contribution in [1.82, 2.24) is 14.5 Å². The fourth-order valence-electron chi connectivity index (χ4n) is 3.78. The van der Waals surface area contributed by atoms with E-state index < -0.39 is 0 Å². The fourth-order valence-corrected chi connectivity index (χ4v) is 3.78. The first-order valence-corrected chi connectivity index (χ1v) is 10.7. The molecule has 1 N–H and O–H groups in total. The number of nitrogens with one attached hydrogen (secondary N) is 1. The van der Waals surface area contributed by atoms with Crippen molar-refractivity contribution in [2.45, 2.75) is 13.2 Å². The highest BCUT2D eigenvalue weighted by Crippen LogP contribution is 2.29. The third-order valence-electron chi connectivity index (χ3n) is 5.35. The molecule has 0 unspecified atom stereocenters. The molecule has 3 heterocycles. The van der Waals surface area contributed by atoms with E-state index >= 15 is 0 Å². The normalized spacial score (nSPS) is 10.8. The summed E-state index contributed by atoms with van der Waals surface area (Å²) in [5.74, 6) is 0.735. The van der Waals surface area contributed by atoms with Crippen molar-refractivity contribution in [2.24, 2.45) is 0 Å². The minimum Gasteiger partial charge on any atom is -0.485 e. The van der Waals surface area contributed by atoms with E-state index in [0.29, 0.717) is 18.2 Å². The van der Waals surface area contributed by atoms with E-state index in [4.69, 9.17) is 4.74 Å². The van der Waals surface area contributed by atoms with Crippen LogP contribution in [0.5, 0.6) is 5.75 Å². The van der Waals surface area contributed by atoms with Gasteiger partial charge in [0.1, 0.15) is 13.2 Å². The molecule has 6 heteroatoms. The van der Waals surface area contributed by atoms with Gasteiger partial charge in [-0.15, -0.1) is 0 Å². The van der Waals surface area contributed by atoms with E-state index in [0.717, 1.165) is 27.7 Å². The number of nitrogens with zero attached hydrogens (tertiary/aromatic N) is 3. The van der Waals surface area contributed by atoms with Gasteiger partial charge in [0, 0.05) is 35.2 Å². The number of anilines is 1. The molecule has 5 rings (SSSR count). The number of pyridine rings is 2. The van der Waals surface area contributed by atoms with Crippen molar-refractivity contribution in [3.63, 3.8) is 0 Å². The summed E-state index contributed by atoms with van der Waals surface area (Å²) in [7, 11) is 0. The van der Waals surface area contributed by atoms with E-state index in [2.05, 4.69) is 27.4 Å². The number of amides is 1. The van der Waals surface area contributed by atoms with Gasteiger partial charge in [0.15, 0.2) is 11.6 Å². The maximum absolute atomic E-state index is 13.1. The van der Waals surface area contributed by atoms with Gasteiger partial charge in [-0.25, -0.2) is 4.98 Å². The molecule has 0 atom stereocenters. The molecule has 3 aromatic heterocycles. The lowest BCUT2D eigenvalue weighted by Gasteiger charge is -2.14. The smallest absolute Gasteiger partial charge is 0.245 e. The van der Waals surface area contributed by atoms with Gasteiger partial charge in [0.05, 0.1) is 0 Å². The Morgan fingerprint density at radius 2 is 1.67 bits per heavy atom. The molecule has 0 bridgehead atoms. The van der Waals surface area contributed by atoms with Crippen molar-refractivity contribution in [3.8, 4) is 17.0 Å². The predicted molar refractivity (Wildman–Crippen MR) is 129 cm³/mol. The predicted octanol–water partition coefficient (Wildman–Crippen LogP) is 5.32. The third kappa shape index (κ3) is 4.60. The Balaban J connectivity index is 1.38. The number of carbonyl (C=O) groups excluding carboxylic acids is 1. The Labute approximate surface area is 191 Å². The minimum atomic E-state index is -0.180. The largest absolute Gasteiger partial charge is 0.485 e. The van der Waals surface area contributed by atoms with Crippen molar-refractivity contribution in [3.05, 3.63) is 109 Å². The maximum Gasteiger partial charge on any atom is 0.245 e. The molecule has 0 spiro atoms. The number of hydrogen-bond donors (Lipinski definition) is 1. The molecule has 0 aliphatic rings. The first-order valence-electron chi connectivity index (χ1n) is 10.7. The van der Waals surface area contributed by atoms with Gasteiger partial charge in [-0.05, 0) is 47.5 Å². The van der Waals surface area contributed by atoms with Crippen molar-refractivity contribution < 1.29 is 9.53 Å². The average molecular weight is 434 g/mol. The molecule has 0 aliphatic heterocycles. The highest BCUT2D eigenvalue weighted by Gasteiger charge is 2.15. The number of aromatic nitrogens is 3. The highest BCUT2D eigenvalue weighted by atomic mass is 16.5. The summed E-state index contributed by atoms with van der Waals surface area (Å²) in [6, 6.07) is 27.6. The zero-order valence-corrected chi connectivity index (χ0v) is 17.9. The van der Waals surface area contributed by atoms with E-state index in [-0.39, 0.29) is 12.5 Å². The van der Waals surface area contributed by atoms with E-state index in [1.807, 2.05) is 65.2 Å². The number of para-hydroxylation sites is 1. The van der Waals surface area contributed by atoms with Crippen LogP contribution < -0.4 is 10.1 Å². The summed E-state index contributed by atoms with van der Waals surface area (Å²) in [5, 5.41) is 4.01. The second kappa shape index (κ2) is 9.36. The number of hydrogen-bond acceptors (Lipinski definition) is 4. The first kappa shape index (κ1) is 20.5. The van der Waals surface area contributed by atoms with Crippen LogP contribution in [0.2, 0.25) is 0 Å². The zero-order chi connectivity index (χ0) is 22.5. The van der Waals surface area contributed by atoms with Crippen LogP contribution in [0.25, 0.3) is 22.2 Å². The number of benzene rings is 2. The number of fused-ring (bicyclic) bond motifs is 1. The molecule has 1 amide bonds. The van der Waals surface area contributed by atoms with E-state index in [1.54, 1.807) is 30.7 Å². The molecule has 33 heavy (non-hydrogen) atoms. The highest BCUT2D eigenvalue weighted by molar-refractivity contribution is 5.94. The van der Waals surface area contributed by atoms with Gasteiger partial charge in [-0.1, -0.05) is 48.5 Å². The summed E-state index contributed by atoms with van der Waals surface area (Å²) in [4.78, 5) is 21.4. The quantitative estimate of drug-likeness (QED) is 0.377. The van der Waals surface area contributed by atoms with Crippen LogP contribution in [0.15, 0.2) is 104 Å². The lowest BCUT2D eigenvalue weighted by Crippen LogP contribution is -2.20. The summed E-state index contributed by atoms with van der Waals surface area (Å²) in [5.41, 5.74) is 4.03. The molecule has 162 valence electrons. The Morgan fingerprint density at radius 3 is 2.52 bits per heavy atom. The summed E-state index contributed by atoms with van der Waals surface area (Å²) in [6.07, 6.45) is 5.07. The Hall–Kier alpha value is -4.45. The van der Waals surface area contributed by atoms with Crippen molar-refractivity contribution in [2.75, 3.05) is 5.32 Å². The second-order valence-corrected chi connectivity index (χ2v) is 7.58.